The van der Waals surface area contributed by atoms with Gasteiger partial charge in [-0.15, -0.1) is 0 Å². The Hall–Kier alpha value is -0.820. The summed E-state index contributed by atoms with van der Waals surface area (Å²) in [7, 11) is 0. The summed E-state index contributed by atoms with van der Waals surface area (Å²) in [6, 6.07) is 8.22. The maximum absolute atomic E-state index is 10.0. The highest BCUT2D eigenvalue weighted by molar-refractivity contribution is 5.34. The molecule has 13 heavy (non-hydrogen) atoms. The Morgan fingerprint density at radius 2 is 2.00 bits per heavy atom. The molecular weight excluding hydrogens is 160 g/mol. The number of aliphatic hydroxyl groups excluding tert-OH is 1. The van der Waals surface area contributed by atoms with Gasteiger partial charge in [-0.2, -0.15) is 0 Å². The molecule has 0 unspecified atom stereocenters. The lowest BCUT2D eigenvalue weighted by Crippen LogP contribution is -2.13. The van der Waals surface area contributed by atoms with E-state index in [-0.39, 0.29) is 6.10 Å². The second kappa shape index (κ2) is 3.15. The maximum atomic E-state index is 10.0. The smallest absolute Gasteiger partial charge is 0.0826 e. The van der Waals surface area contributed by atoms with E-state index in [4.69, 9.17) is 0 Å². The molecule has 0 saturated carbocycles. The van der Waals surface area contributed by atoms with Crippen LogP contribution < -0.4 is 0 Å². The van der Waals surface area contributed by atoms with Crippen LogP contribution >= 0.6 is 0 Å². The van der Waals surface area contributed by atoms with Gasteiger partial charge in [0.05, 0.1) is 6.10 Å². The topological polar surface area (TPSA) is 20.2 Å². The van der Waals surface area contributed by atoms with Gasteiger partial charge in [0.2, 0.25) is 0 Å². The Morgan fingerprint density at radius 1 is 1.31 bits per heavy atom. The van der Waals surface area contributed by atoms with Crippen molar-refractivity contribution in [2.75, 3.05) is 0 Å². The molecule has 0 saturated heterocycles. The van der Waals surface area contributed by atoms with E-state index in [1.807, 2.05) is 18.2 Å². The normalized spacial score (nSPS) is 26.5. The third-order valence-corrected chi connectivity index (χ3v) is 3.09. The third kappa shape index (κ3) is 1.37. The summed E-state index contributed by atoms with van der Waals surface area (Å²) in [5.41, 5.74) is 2.47. The molecule has 0 aliphatic heterocycles. The lowest BCUT2D eigenvalue weighted by Gasteiger charge is -2.18. The number of fused-ring (bicyclic) bond motifs is 1. The zero-order valence-corrected chi connectivity index (χ0v) is 8.20. The summed E-state index contributed by atoms with van der Waals surface area (Å²) in [6.45, 7) is 4.36. The van der Waals surface area contributed by atoms with Crippen LogP contribution in [0.1, 0.15) is 31.1 Å². The fraction of sp³-hybridized carbons (Fsp3) is 0.500. The van der Waals surface area contributed by atoms with E-state index < -0.39 is 0 Å². The van der Waals surface area contributed by atoms with Crippen molar-refractivity contribution in [3.05, 3.63) is 35.4 Å². The van der Waals surface area contributed by atoms with Gasteiger partial charge in [-0.05, 0) is 29.4 Å². The van der Waals surface area contributed by atoms with Crippen LogP contribution in [0.4, 0.5) is 0 Å². The predicted octanol–water partition coefficient (Wildman–Crippen LogP) is 2.55. The highest BCUT2D eigenvalue weighted by Crippen LogP contribution is 2.39. The number of aliphatic hydroxyl groups is 1. The van der Waals surface area contributed by atoms with Crippen molar-refractivity contribution in [3.8, 4) is 0 Å². The molecule has 0 amide bonds. The van der Waals surface area contributed by atoms with Gasteiger partial charge in [0.15, 0.2) is 0 Å². The van der Waals surface area contributed by atoms with Crippen molar-refractivity contribution >= 4 is 0 Å². The molecule has 1 aromatic rings. The van der Waals surface area contributed by atoms with Gasteiger partial charge < -0.3 is 5.11 Å². The number of benzene rings is 1. The second-order valence-corrected chi connectivity index (χ2v) is 4.26. The first kappa shape index (κ1) is 8.76. The first-order valence-corrected chi connectivity index (χ1v) is 4.96. The fourth-order valence-electron chi connectivity index (χ4n) is 2.21. The van der Waals surface area contributed by atoms with Crippen LogP contribution in [0.5, 0.6) is 0 Å². The monoisotopic (exact) mass is 176 g/mol. The molecule has 0 radical (unpaired) electrons. The van der Waals surface area contributed by atoms with E-state index in [2.05, 4.69) is 19.9 Å². The first-order valence-electron chi connectivity index (χ1n) is 4.96. The van der Waals surface area contributed by atoms with E-state index in [1.54, 1.807) is 0 Å². The van der Waals surface area contributed by atoms with Gasteiger partial charge in [0.1, 0.15) is 0 Å². The first-order chi connectivity index (χ1) is 6.20. The molecule has 0 heterocycles. The minimum Gasteiger partial charge on any atom is -0.388 e. The molecule has 0 bridgehead atoms. The molecule has 1 nitrogen and oxygen atoms in total. The molecule has 1 aromatic carbocycles. The Balaban J connectivity index is 2.32. The van der Waals surface area contributed by atoms with E-state index >= 15 is 0 Å². The van der Waals surface area contributed by atoms with Crippen LogP contribution in [0, 0.1) is 11.8 Å². The molecule has 0 spiro atoms. The quantitative estimate of drug-likeness (QED) is 0.697. The van der Waals surface area contributed by atoms with Gasteiger partial charge in [0, 0.05) is 0 Å². The highest BCUT2D eigenvalue weighted by Gasteiger charge is 2.32. The molecule has 1 heteroatoms. The summed E-state index contributed by atoms with van der Waals surface area (Å²) < 4.78 is 0. The standard InChI is InChI=1S/C12H16O/c1-8(2)11-7-9-5-3-4-6-10(9)12(11)13/h3-6,8,11-13H,7H2,1-2H3/t11-,12+/m1/s1. The number of rotatable bonds is 1. The number of hydrogen-bond donors (Lipinski definition) is 1. The van der Waals surface area contributed by atoms with Crippen LogP contribution in [0.3, 0.4) is 0 Å². The van der Waals surface area contributed by atoms with E-state index in [1.165, 1.54) is 5.56 Å². The minimum atomic E-state index is -0.240. The van der Waals surface area contributed by atoms with Crippen molar-refractivity contribution in [3.63, 3.8) is 0 Å². The van der Waals surface area contributed by atoms with Gasteiger partial charge in [0.25, 0.3) is 0 Å². The van der Waals surface area contributed by atoms with E-state index in [0.29, 0.717) is 11.8 Å². The van der Waals surface area contributed by atoms with Crippen LogP contribution in [-0.4, -0.2) is 5.11 Å². The molecule has 2 rings (SSSR count). The molecule has 0 aromatic heterocycles. The highest BCUT2D eigenvalue weighted by atomic mass is 16.3. The molecule has 1 aliphatic carbocycles. The molecule has 1 N–H and O–H groups in total. The van der Waals surface area contributed by atoms with Crippen molar-refractivity contribution < 1.29 is 5.11 Å². The van der Waals surface area contributed by atoms with Crippen molar-refractivity contribution in [2.45, 2.75) is 26.4 Å². The van der Waals surface area contributed by atoms with Gasteiger partial charge >= 0.3 is 0 Å². The summed E-state index contributed by atoms with van der Waals surface area (Å²) in [4.78, 5) is 0. The van der Waals surface area contributed by atoms with Gasteiger partial charge in [-0.3, -0.25) is 0 Å². The SMILES string of the molecule is CC(C)[C@H]1Cc2ccccc2[C@@H]1O. The summed E-state index contributed by atoms with van der Waals surface area (Å²) in [6.07, 6.45) is 0.797. The second-order valence-electron chi connectivity index (χ2n) is 4.26. The largest absolute Gasteiger partial charge is 0.388 e. The molecule has 70 valence electrons. The summed E-state index contributed by atoms with van der Waals surface area (Å²) >= 11 is 0. The van der Waals surface area contributed by atoms with E-state index in [0.717, 1.165) is 12.0 Å². The van der Waals surface area contributed by atoms with Crippen LogP contribution in [-0.2, 0) is 6.42 Å². The van der Waals surface area contributed by atoms with Crippen LogP contribution in [0.25, 0.3) is 0 Å². The minimum absolute atomic E-state index is 0.240. The average molecular weight is 176 g/mol. The summed E-state index contributed by atoms with van der Waals surface area (Å²) in [5, 5.41) is 10.0. The van der Waals surface area contributed by atoms with Crippen molar-refractivity contribution in [1.29, 1.82) is 0 Å². The molecule has 0 fully saturated rings. The molecular formula is C12H16O. The molecule has 1 aliphatic rings. The fourth-order valence-corrected chi connectivity index (χ4v) is 2.21. The van der Waals surface area contributed by atoms with Gasteiger partial charge in [-0.25, -0.2) is 0 Å². The van der Waals surface area contributed by atoms with Crippen LogP contribution in [0.15, 0.2) is 24.3 Å². The Labute approximate surface area is 79.4 Å². The Morgan fingerprint density at radius 3 is 2.62 bits per heavy atom. The lowest BCUT2D eigenvalue weighted by atomic mass is 9.91. The Bertz CT molecular complexity index is 304. The molecule has 2 atom stereocenters. The van der Waals surface area contributed by atoms with Gasteiger partial charge in [-0.1, -0.05) is 38.1 Å². The zero-order valence-electron chi connectivity index (χ0n) is 8.20. The third-order valence-electron chi connectivity index (χ3n) is 3.09. The average Bonchev–Trinajstić information content (AvgIpc) is 2.45. The Kier molecular flexibility index (Phi) is 2.12. The zero-order chi connectivity index (χ0) is 9.42. The van der Waals surface area contributed by atoms with E-state index in [9.17, 15) is 5.11 Å². The lowest BCUT2D eigenvalue weighted by molar-refractivity contribution is 0.0968. The van der Waals surface area contributed by atoms with Crippen LogP contribution in [0.2, 0.25) is 0 Å². The maximum Gasteiger partial charge on any atom is 0.0826 e. The van der Waals surface area contributed by atoms with Crippen molar-refractivity contribution in [1.82, 2.24) is 0 Å². The predicted molar refractivity (Wildman–Crippen MR) is 53.4 cm³/mol. The number of hydrogen-bond acceptors (Lipinski definition) is 1. The summed E-state index contributed by atoms with van der Waals surface area (Å²) in [5.74, 6) is 0.972. The van der Waals surface area contributed by atoms with Crippen molar-refractivity contribution in [2.24, 2.45) is 11.8 Å².